The molecule has 0 saturated heterocycles. The van der Waals surface area contributed by atoms with Gasteiger partial charge in [-0.05, 0) is 82.1 Å². The summed E-state index contributed by atoms with van der Waals surface area (Å²) in [5.74, 6) is -2.17. The molecule has 0 spiro atoms. The van der Waals surface area contributed by atoms with E-state index in [1.54, 1.807) is 71.0 Å². The zero-order valence-corrected chi connectivity index (χ0v) is 24.1. The molecule has 1 unspecified atom stereocenters. The van der Waals surface area contributed by atoms with E-state index in [-0.39, 0.29) is 30.3 Å². The summed E-state index contributed by atoms with van der Waals surface area (Å²) in [5.41, 5.74) is 1.56. The molecule has 0 aliphatic carbocycles. The van der Waals surface area contributed by atoms with Crippen molar-refractivity contribution in [2.24, 2.45) is 0 Å². The molecule has 0 aliphatic rings. The van der Waals surface area contributed by atoms with Crippen molar-refractivity contribution in [3.8, 4) is 23.0 Å². The highest BCUT2D eigenvalue weighted by Crippen LogP contribution is 2.36. The molecule has 0 aliphatic heterocycles. The van der Waals surface area contributed by atoms with Crippen LogP contribution in [-0.4, -0.2) is 54.7 Å². The topological polar surface area (TPSA) is 141 Å². The summed E-state index contributed by atoms with van der Waals surface area (Å²) >= 11 is 0. The van der Waals surface area contributed by atoms with Gasteiger partial charge in [0, 0.05) is 11.8 Å². The lowest BCUT2D eigenvalue weighted by Crippen LogP contribution is -2.41. The number of rotatable bonds is 11. The number of esters is 2. The van der Waals surface area contributed by atoms with Crippen LogP contribution >= 0.6 is 0 Å². The van der Waals surface area contributed by atoms with E-state index in [0.717, 1.165) is 4.90 Å². The highest BCUT2D eigenvalue weighted by Gasteiger charge is 2.28. The molecule has 2 amide bonds. The molecule has 3 aromatic carbocycles. The molecule has 0 heterocycles. The van der Waals surface area contributed by atoms with Gasteiger partial charge in [0.25, 0.3) is 5.91 Å². The maximum atomic E-state index is 12.8. The van der Waals surface area contributed by atoms with Crippen LogP contribution in [0.3, 0.4) is 0 Å². The highest BCUT2D eigenvalue weighted by molar-refractivity contribution is 6.38. The van der Waals surface area contributed by atoms with Crippen molar-refractivity contribution in [2.45, 2.75) is 40.7 Å². The predicted molar refractivity (Wildman–Crippen MR) is 155 cm³/mol. The SMILES string of the molecule is CCOC(=O)CN(C(=O)C(=O)OCC)c1cc(C)c(Oc2ccc(O)c(NC(=O)C(C)Oc3ccccc3)c2)c(C)c1. The third-order valence-electron chi connectivity index (χ3n) is 5.92. The van der Waals surface area contributed by atoms with Crippen LogP contribution in [0.1, 0.15) is 31.9 Å². The maximum Gasteiger partial charge on any atom is 0.397 e. The van der Waals surface area contributed by atoms with Crippen molar-refractivity contribution < 1.29 is 43.2 Å². The van der Waals surface area contributed by atoms with E-state index < -0.39 is 36.4 Å². The van der Waals surface area contributed by atoms with E-state index in [9.17, 15) is 24.3 Å². The van der Waals surface area contributed by atoms with Crippen LogP contribution in [0.2, 0.25) is 0 Å². The Morgan fingerprint density at radius 3 is 2.14 bits per heavy atom. The quantitative estimate of drug-likeness (QED) is 0.189. The second kappa shape index (κ2) is 14.5. The number of phenols is 1. The number of para-hydroxylation sites is 1. The number of aryl methyl sites for hydroxylation is 2. The minimum absolute atomic E-state index is 0.00329. The number of hydrogen-bond donors (Lipinski definition) is 2. The molecular formula is C31H34N2O9. The van der Waals surface area contributed by atoms with Gasteiger partial charge in [0.15, 0.2) is 6.10 Å². The van der Waals surface area contributed by atoms with Crippen LogP contribution in [0.4, 0.5) is 11.4 Å². The Labute approximate surface area is 243 Å². The number of carbonyl (C=O) groups is 4. The molecule has 3 aromatic rings. The number of aromatic hydroxyl groups is 1. The monoisotopic (exact) mass is 578 g/mol. The van der Waals surface area contributed by atoms with Crippen molar-refractivity contribution in [3.05, 3.63) is 71.8 Å². The number of anilines is 2. The van der Waals surface area contributed by atoms with Gasteiger partial charge in [-0.2, -0.15) is 0 Å². The Balaban J connectivity index is 1.82. The molecule has 42 heavy (non-hydrogen) atoms. The second-order valence-corrected chi connectivity index (χ2v) is 9.17. The van der Waals surface area contributed by atoms with Gasteiger partial charge in [0.1, 0.15) is 29.5 Å². The second-order valence-electron chi connectivity index (χ2n) is 9.17. The van der Waals surface area contributed by atoms with Crippen LogP contribution in [0.25, 0.3) is 0 Å². The molecule has 3 rings (SSSR count). The smallest absolute Gasteiger partial charge is 0.397 e. The van der Waals surface area contributed by atoms with Gasteiger partial charge < -0.3 is 29.4 Å². The summed E-state index contributed by atoms with van der Waals surface area (Å²) in [7, 11) is 0. The van der Waals surface area contributed by atoms with Gasteiger partial charge in [-0.3, -0.25) is 19.3 Å². The molecule has 0 fully saturated rings. The van der Waals surface area contributed by atoms with Gasteiger partial charge in [-0.1, -0.05) is 18.2 Å². The maximum absolute atomic E-state index is 12.8. The van der Waals surface area contributed by atoms with E-state index in [4.69, 9.17) is 18.9 Å². The Kier molecular flexibility index (Phi) is 10.9. The molecule has 1 atom stereocenters. The normalized spacial score (nSPS) is 11.2. The average molecular weight is 579 g/mol. The lowest BCUT2D eigenvalue weighted by molar-refractivity contribution is -0.153. The minimum Gasteiger partial charge on any atom is -0.506 e. The van der Waals surface area contributed by atoms with Gasteiger partial charge in [-0.25, -0.2) is 4.79 Å². The molecular weight excluding hydrogens is 544 g/mol. The zero-order chi connectivity index (χ0) is 30.8. The largest absolute Gasteiger partial charge is 0.506 e. The first-order valence-corrected chi connectivity index (χ1v) is 13.3. The molecule has 2 N–H and O–H groups in total. The van der Waals surface area contributed by atoms with Crippen LogP contribution in [0.5, 0.6) is 23.0 Å². The third-order valence-corrected chi connectivity index (χ3v) is 5.92. The number of phenolic OH excluding ortho intramolecular Hbond substituents is 1. The summed E-state index contributed by atoms with van der Waals surface area (Å²) in [4.78, 5) is 50.9. The molecule has 0 bridgehead atoms. The fourth-order valence-corrected chi connectivity index (χ4v) is 3.95. The average Bonchev–Trinajstić information content (AvgIpc) is 2.95. The number of amides is 2. The van der Waals surface area contributed by atoms with Crippen molar-refractivity contribution in [2.75, 3.05) is 30.0 Å². The summed E-state index contributed by atoms with van der Waals surface area (Å²) in [6, 6.07) is 16.4. The number of nitrogens with one attached hydrogen (secondary N) is 1. The van der Waals surface area contributed by atoms with Crippen LogP contribution < -0.4 is 19.7 Å². The van der Waals surface area contributed by atoms with Crippen molar-refractivity contribution in [1.29, 1.82) is 0 Å². The standard InChI is InChI=1S/C31H34N2O9/c1-6-39-27(35)18-33(30(37)31(38)40-7-2)22-15-19(3)28(20(4)16-22)42-24-13-14-26(34)25(17-24)32-29(36)21(5)41-23-11-9-8-10-12-23/h8-17,21,34H,6-7,18H2,1-5H3,(H,32,36). The number of benzene rings is 3. The van der Waals surface area contributed by atoms with Gasteiger partial charge >= 0.3 is 17.8 Å². The lowest BCUT2D eigenvalue weighted by Gasteiger charge is -2.23. The fraction of sp³-hybridized carbons (Fsp3) is 0.290. The van der Waals surface area contributed by atoms with Crippen LogP contribution in [0, 0.1) is 13.8 Å². The lowest BCUT2D eigenvalue weighted by atomic mass is 10.1. The first-order chi connectivity index (χ1) is 20.0. The number of hydrogen-bond acceptors (Lipinski definition) is 9. The van der Waals surface area contributed by atoms with Crippen LogP contribution in [0.15, 0.2) is 60.7 Å². The summed E-state index contributed by atoms with van der Waals surface area (Å²) in [6.07, 6.45) is -0.844. The predicted octanol–water partition coefficient (Wildman–Crippen LogP) is 4.67. The molecule has 0 aromatic heterocycles. The third kappa shape index (κ3) is 8.23. The summed E-state index contributed by atoms with van der Waals surface area (Å²) < 4.78 is 21.6. The first-order valence-electron chi connectivity index (χ1n) is 13.3. The van der Waals surface area contributed by atoms with Gasteiger partial charge in [0.05, 0.1) is 18.9 Å². The summed E-state index contributed by atoms with van der Waals surface area (Å²) in [5, 5.41) is 13.0. The molecule has 11 nitrogen and oxygen atoms in total. The van der Waals surface area contributed by atoms with Crippen molar-refractivity contribution >= 4 is 35.1 Å². The van der Waals surface area contributed by atoms with Crippen molar-refractivity contribution in [3.63, 3.8) is 0 Å². The highest BCUT2D eigenvalue weighted by atomic mass is 16.5. The summed E-state index contributed by atoms with van der Waals surface area (Å²) in [6.45, 7) is 7.87. The molecule has 0 radical (unpaired) electrons. The number of carbonyl (C=O) groups excluding carboxylic acids is 4. The van der Waals surface area contributed by atoms with Crippen LogP contribution in [-0.2, 0) is 28.7 Å². The molecule has 0 saturated carbocycles. The van der Waals surface area contributed by atoms with E-state index >= 15 is 0 Å². The van der Waals surface area contributed by atoms with Gasteiger partial charge in [0.2, 0.25) is 0 Å². The number of ether oxygens (including phenoxy) is 4. The van der Waals surface area contributed by atoms with E-state index in [1.165, 1.54) is 18.2 Å². The number of nitrogens with zero attached hydrogens (tertiary/aromatic N) is 1. The van der Waals surface area contributed by atoms with E-state index in [2.05, 4.69) is 5.32 Å². The zero-order valence-electron chi connectivity index (χ0n) is 24.1. The van der Waals surface area contributed by atoms with E-state index in [1.807, 2.05) is 6.07 Å². The van der Waals surface area contributed by atoms with Crippen molar-refractivity contribution in [1.82, 2.24) is 0 Å². The minimum atomic E-state index is -1.10. The van der Waals surface area contributed by atoms with Gasteiger partial charge in [-0.15, -0.1) is 0 Å². The fourth-order valence-electron chi connectivity index (χ4n) is 3.95. The Morgan fingerprint density at radius 2 is 1.52 bits per heavy atom. The Hall–Kier alpha value is -5.06. The molecule has 222 valence electrons. The Bertz CT molecular complexity index is 1420. The first kappa shape index (κ1) is 31.5. The molecule has 11 heteroatoms. The Morgan fingerprint density at radius 1 is 0.881 bits per heavy atom. The van der Waals surface area contributed by atoms with E-state index in [0.29, 0.717) is 28.4 Å².